The molecule has 5 rings (SSSR count). The average Bonchev–Trinajstić information content (AvgIpc) is 3.13. The fourth-order valence-corrected chi connectivity index (χ4v) is 4.47. The molecule has 2 aromatic carbocycles. The van der Waals surface area contributed by atoms with Crippen molar-refractivity contribution in [3.63, 3.8) is 0 Å². The minimum Gasteiger partial charge on any atom is -0.497 e. The van der Waals surface area contributed by atoms with Crippen LogP contribution in [-0.4, -0.2) is 58.3 Å². The maximum atomic E-state index is 13.2. The molecule has 0 saturated carbocycles. The molecule has 1 amide bonds. The van der Waals surface area contributed by atoms with E-state index in [-0.39, 0.29) is 18.0 Å². The third-order valence-corrected chi connectivity index (χ3v) is 6.08. The van der Waals surface area contributed by atoms with Crippen molar-refractivity contribution in [3.05, 3.63) is 70.6 Å². The van der Waals surface area contributed by atoms with Gasteiger partial charge in [-0.1, -0.05) is 18.2 Å². The molecule has 1 aliphatic heterocycles. The van der Waals surface area contributed by atoms with Gasteiger partial charge < -0.3 is 14.5 Å². The van der Waals surface area contributed by atoms with E-state index in [9.17, 15) is 9.59 Å². The Morgan fingerprint density at radius 3 is 2.59 bits per heavy atom. The molecular formula is C24H25N5O3. The SMILES string of the molecule is COc1cccc(N2CCN(C(=O)Cn3c4ccccc4c4nc(=O)cc(C)n43)CC2)c1. The molecule has 2 aromatic heterocycles. The standard InChI is InChI=1S/C24H25N5O3/c1-17-14-22(30)25-24-20-8-3-4-9-21(20)28(29(17)24)16-23(31)27-12-10-26(11-13-27)18-6-5-7-19(15-18)32-2/h3-9,14-15H,10-13,16H2,1-2H3. The van der Waals surface area contributed by atoms with Gasteiger partial charge in [0.15, 0.2) is 5.65 Å². The lowest BCUT2D eigenvalue weighted by Gasteiger charge is -2.36. The van der Waals surface area contributed by atoms with Crippen molar-refractivity contribution < 1.29 is 9.53 Å². The molecule has 32 heavy (non-hydrogen) atoms. The first-order chi connectivity index (χ1) is 15.5. The topological polar surface area (TPSA) is 72.1 Å². The second-order valence-electron chi connectivity index (χ2n) is 8.02. The zero-order valence-electron chi connectivity index (χ0n) is 18.2. The van der Waals surface area contributed by atoms with Crippen LogP contribution >= 0.6 is 0 Å². The van der Waals surface area contributed by atoms with Crippen LogP contribution in [0.2, 0.25) is 0 Å². The fourth-order valence-electron chi connectivity index (χ4n) is 4.47. The summed E-state index contributed by atoms with van der Waals surface area (Å²) in [7, 11) is 1.66. The van der Waals surface area contributed by atoms with Crippen LogP contribution in [0.3, 0.4) is 0 Å². The number of benzene rings is 2. The number of carbonyl (C=O) groups excluding carboxylic acids is 1. The molecule has 0 unspecified atom stereocenters. The number of piperazine rings is 1. The number of hydrogen-bond donors (Lipinski definition) is 0. The van der Waals surface area contributed by atoms with E-state index in [4.69, 9.17) is 4.74 Å². The van der Waals surface area contributed by atoms with Gasteiger partial charge in [-0.05, 0) is 31.2 Å². The molecule has 164 valence electrons. The summed E-state index contributed by atoms with van der Waals surface area (Å²) in [5.41, 5.74) is 3.06. The summed E-state index contributed by atoms with van der Waals surface area (Å²) in [6.07, 6.45) is 0. The molecule has 8 heteroatoms. The molecule has 0 atom stereocenters. The van der Waals surface area contributed by atoms with Gasteiger partial charge in [-0.15, -0.1) is 0 Å². The Labute approximate surface area is 185 Å². The van der Waals surface area contributed by atoms with Gasteiger partial charge in [0.05, 0.1) is 12.6 Å². The smallest absolute Gasteiger partial charge is 0.273 e. The predicted octanol–water partition coefficient (Wildman–Crippen LogP) is 2.32. The molecule has 3 heterocycles. The Bertz CT molecular complexity index is 1370. The quantitative estimate of drug-likeness (QED) is 0.496. The Balaban J connectivity index is 1.38. The number of nitrogens with zero attached hydrogens (tertiary/aromatic N) is 5. The second kappa shape index (κ2) is 8.03. The lowest BCUT2D eigenvalue weighted by Crippen LogP contribution is -2.49. The summed E-state index contributed by atoms with van der Waals surface area (Å²) in [4.78, 5) is 33.6. The van der Waals surface area contributed by atoms with E-state index in [2.05, 4.69) is 16.0 Å². The van der Waals surface area contributed by atoms with Crippen LogP contribution in [0.15, 0.2) is 59.4 Å². The lowest BCUT2D eigenvalue weighted by molar-refractivity contribution is -0.132. The van der Waals surface area contributed by atoms with Crippen molar-refractivity contribution in [2.45, 2.75) is 13.5 Å². The zero-order chi connectivity index (χ0) is 22.2. The normalized spacial score (nSPS) is 14.3. The highest BCUT2D eigenvalue weighted by molar-refractivity contribution is 5.93. The fraction of sp³-hybridized carbons (Fsp3) is 0.292. The summed E-state index contributed by atoms with van der Waals surface area (Å²) >= 11 is 0. The Morgan fingerprint density at radius 2 is 1.81 bits per heavy atom. The molecule has 1 fully saturated rings. The van der Waals surface area contributed by atoms with Gasteiger partial charge in [0.25, 0.3) is 5.56 Å². The highest BCUT2D eigenvalue weighted by Crippen LogP contribution is 2.23. The van der Waals surface area contributed by atoms with Gasteiger partial charge in [-0.2, -0.15) is 4.98 Å². The van der Waals surface area contributed by atoms with Crippen LogP contribution < -0.4 is 15.2 Å². The molecule has 0 aliphatic carbocycles. The number of amides is 1. The number of para-hydroxylation sites is 1. The van der Waals surface area contributed by atoms with Crippen molar-refractivity contribution in [3.8, 4) is 5.75 Å². The Kier molecular flexibility index (Phi) is 5.05. The number of ether oxygens (including phenoxy) is 1. The highest BCUT2D eigenvalue weighted by Gasteiger charge is 2.23. The number of fused-ring (bicyclic) bond motifs is 3. The maximum absolute atomic E-state index is 13.2. The van der Waals surface area contributed by atoms with Gasteiger partial charge in [0.1, 0.15) is 12.3 Å². The zero-order valence-corrected chi connectivity index (χ0v) is 18.2. The van der Waals surface area contributed by atoms with E-state index < -0.39 is 0 Å². The minimum atomic E-state index is -0.273. The van der Waals surface area contributed by atoms with Crippen LogP contribution in [0.5, 0.6) is 5.75 Å². The Morgan fingerprint density at radius 1 is 1.03 bits per heavy atom. The second-order valence-corrected chi connectivity index (χ2v) is 8.02. The van der Waals surface area contributed by atoms with E-state index >= 15 is 0 Å². The van der Waals surface area contributed by atoms with Gasteiger partial charge in [0.2, 0.25) is 5.91 Å². The third-order valence-electron chi connectivity index (χ3n) is 6.08. The largest absolute Gasteiger partial charge is 0.497 e. The maximum Gasteiger partial charge on any atom is 0.273 e. The number of rotatable bonds is 4. The number of hydrogen-bond acceptors (Lipinski definition) is 5. The van der Waals surface area contributed by atoms with E-state index in [0.29, 0.717) is 18.7 Å². The number of carbonyl (C=O) groups is 1. The van der Waals surface area contributed by atoms with Gasteiger partial charge >= 0.3 is 0 Å². The average molecular weight is 431 g/mol. The van der Waals surface area contributed by atoms with Crippen LogP contribution in [-0.2, 0) is 11.3 Å². The van der Waals surface area contributed by atoms with Crippen LogP contribution in [0.4, 0.5) is 5.69 Å². The summed E-state index contributed by atoms with van der Waals surface area (Å²) in [6, 6.07) is 17.2. The van der Waals surface area contributed by atoms with Crippen molar-refractivity contribution in [2.24, 2.45) is 0 Å². The van der Waals surface area contributed by atoms with Crippen molar-refractivity contribution in [1.82, 2.24) is 19.1 Å². The molecular weight excluding hydrogens is 406 g/mol. The third kappa shape index (κ3) is 3.47. The molecule has 0 radical (unpaired) electrons. The van der Waals surface area contributed by atoms with Crippen molar-refractivity contribution >= 4 is 28.1 Å². The summed E-state index contributed by atoms with van der Waals surface area (Å²) in [5, 5.41) is 0.865. The molecule has 1 saturated heterocycles. The molecule has 0 spiro atoms. The monoisotopic (exact) mass is 431 g/mol. The lowest BCUT2D eigenvalue weighted by atomic mass is 10.2. The number of methoxy groups -OCH3 is 1. The van der Waals surface area contributed by atoms with E-state index in [0.717, 1.165) is 41.1 Å². The van der Waals surface area contributed by atoms with Gasteiger partial charge in [-0.25, -0.2) is 4.52 Å². The number of aryl methyl sites for hydroxylation is 1. The van der Waals surface area contributed by atoms with Crippen LogP contribution in [0, 0.1) is 6.92 Å². The van der Waals surface area contributed by atoms with Crippen LogP contribution in [0.25, 0.3) is 16.6 Å². The van der Waals surface area contributed by atoms with E-state index in [1.165, 1.54) is 6.07 Å². The predicted molar refractivity (Wildman–Crippen MR) is 123 cm³/mol. The van der Waals surface area contributed by atoms with E-state index in [1.54, 1.807) is 7.11 Å². The van der Waals surface area contributed by atoms with Crippen molar-refractivity contribution in [2.75, 3.05) is 38.2 Å². The van der Waals surface area contributed by atoms with Gasteiger partial charge in [-0.3, -0.25) is 14.3 Å². The molecule has 4 aromatic rings. The van der Waals surface area contributed by atoms with E-state index in [1.807, 2.05) is 63.5 Å². The summed E-state index contributed by atoms with van der Waals surface area (Å²) in [5.74, 6) is 0.880. The van der Waals surface area contributed by atoms with Gasteiger partial charge in [0, 0.05) is 55.1 Å². The number of aromatic nitrogens is 3. The first-order valence-corrected chi connectivity index (χ1v) is 10.7. The summed E-state index contributed by atoms with van der Waals surface area (Å²) in [6.45, 7) is 4.88. The number of anilines is 1. The Hall–Kier alpha value is -3.81. The molecule has 8 nitrogen and oxygen atoms in total. The summed E-state index contributed by atoms with van der Waals surface area (Å²) < 4.78 is 9.12. The molecule has 1 aliphatic rings. The highest BCUT2D eigenvalue weighted by atomic mass is 16.5. The minimum absolute atomic E-state index is 0.0519. The molecule has 0 bridgehead atoms. The first kappa shape index (κ1) is 20.1. The van der Waals surface area contributed by atoms with Crippen molar-refractivity contribution in [1.29, 1.82) is 0 Å². The molecule has 0 N–H and O–H groups in total. The van der Waals surface area contributed by atoms with Crippen LogP contribution in [0.1, 0.15) is 5.69 Å². The first-order valence-electron chi connectivity index (χ1n) is 10.7.